The van der Waals surface area contributed by atoms with Gasteiger partial charge in [-0.1, -0.05) is 109 Å². The summed E-state index contributed by atoms with van der Waals surface area (Å²) in [6, 6.07) is 27.0. The van der Waals surface area contributed by atoms with Gasteiger partial charge in [0.15, 0.2) is 5.52 Å². The lowest BCUT2D eigenvalue weighted by molar-refractivity contribution is 0.271. The van der Waals surface area contributed by atoms with Crippen LogP contribution in [0, 0.1) is 30.6 Å². The number of aryl methyl sites for hydroxylation is 1. The molecule has 12 nitrogen and oxygen atoms in total. The van der Waals surface area contributed by atoms with Gasteiger partial charge in [0.2, 0.25) is 0 Å². The van der Waals surface area contributed by atoms with E-state index >= 15 is 0 Å². The van der Waals surface area contributed by atoms with Gasteiger partial charge < -0.3 is 15.5 Å². The summed E-state index contributed by atoms with van der Waals surface area (Å²) in [7, 11) is -3.81. The third-order valence-electron chi connectivity index (χ3n) is 14.6. The van der Waals surface area contributed by atoms with Crippen LogP contribution in [0.4, 0.5) is 11.4 Å². The summed E-state index contributed by atoms with van der Waals surface area (Å²) < 4.78 is 38.1. The Bertz CT molecular complexity index is 2530. The average molecular weight is 861 g/mol. The van der Waals surface area contributed by atoms with Crippen molar-refractivity contribution in [1.29, 1.82) is 0 Å². The SMILES string of the molecule is CCCCCCN1CC2C(C1)C2(C)c1cccc(N)c1.CCCCCCN1CC2C(C1)C2(C)c1cccc(NS(=O)(=O)c2cccc3nonc23)c1.Cc1cccc2nonc12. The van der Waals surface area contributed by atoms with Crippen LogP contribution in [0.1, 0.15) is 95.8 Å². The Hall–Kier alpha value is -4.85. The molecule has 330 valence electrons. The van der Waals surface area contributed by atoms with Gasteiger partial charge in [0.1, 0.15) is 21.4 Å². The standard InChI is InChI=1S/C24H30N4O3S.C18H28N2.C7H6N2O/c1-3-4-5-6-13-28-15-19-20(16-28)24(19,2)17-9-7-10-18(14-17)27-32(29,30)22-12-8-11-21-23(22)26-31-25-21;1-3-4-5-6-10-20-12-16-17(13-20)18(16,2)14-8-7-9-15(19)11-14;1-5-3-2-4-6-7(5)9-10-8-6/h7-12,14,19-20,27H,3-6,13,15-16H2,1-2H3;7-9,11,16-17H,3-6,10,12-13,19H2,1-2H3;2-4H,1H3. The predicted octanol–water partition coefficient (Wildman–Crippen LogP) is 9.62. The summed E-state index contributed by atoms with van der Waals surface area (Å²) in [4.78, 5) is 5.35. The Labute approximate surface area is 367 Å². The lowest BCUT2D eigenvalue weighted by Gasteiger charge is -2.24. The molecule has 10 rings (SSSR count). The summed E-state index contributed by atoms with van der Waals surface area (Å²) in [6.07, 6.45) is 10.7. The fraction of sp³-hybridized carbons (Fsp3) is 0.510. The van der Waals surface area contributed by atoms with Crippen LogP contribution in [-0.4, -0.2) is 78.1 Å². The third-order valence-corrected chi connectivity index (χ3v) is 16.0. The second kappa shape index (κ2) is 18.5. The number of benzene rings is 4. The molecule has 0 radical (unpaired) electrons. The Morgan fingerprint density at radius 3 is 1.69 bits per heavy atom. The van der Waals surface area contributed by atoms with Gasteiger partial charge in [-0.2, -0.15) is 0 Å². The molecule has 3 N–H and O–H groups in total. The first kappa shape index (κ1) is 43.8. The molecule has 4 atom stereocenters. The number of unbranched alkanes of at least 4 members (excludes halogenated alkanes) is 6. The number of nitrogen functional groups attached to an aromatic ring is 1. The first-order valence-electron chi connectivity index (χ1n) is 22.8. The van der Waals surface area contributed by atoms with E-state index in [-0.39, 0.29) is 15.8 Å². The molecule has 4 heterocycles. The lowest BCUT2D eigenvalue weighted by Crippen LogP contribution is -2.30. The van der Waals surface area contributed by atoms with Crippen LogP contribution in [-0.2, 0) is 20.9 Å². The summed E-state index contributed by atoms with van der Waals surface area (Å²) in [5, 5.41) is 14.9. The number of nitrogens with two attached hydrogens (primary N) is 1. The minimum Gasteiger partial charge on any atom is -0.399 e. The van der Waals surface area contributed by atoms with Crippen molar-refractivity contribution in [1.82, 2.24) is 30.4 Å². The number of hydrogen-bond donors (Lipinski definition) is 2. The maximum absolute atomic E-state index is 13.0. The molecule has 2 aliphatic heterocycles. The number of nitrogens with zero attached hydrogens (tertiary/aromatic N) is 6. The lowest BCUT2D eigenvalue weighted by atomic mass is 9.92. The van der Waals surface area contributed by atoms with Crippen LogP contribution in [0.5, 0.6) is 0 Å². The number of anilines is 2. The molecule has 2 saturated carbocycles. The highest BCUT2D eigenvalue weighted by molar-refractivity contribution is 7.93. The van der Waals surface area contributed by atoms with E-state index in [1.165, 1.54) is 94.7 Å². The number of likely N-dealkylation sites (tertiary alicyclic amines) is 2. The van der Waals surface area contributed by atoms with Crippen molar-refractivity contribution in [3.63, 3.8) is 0 Å². The molecule has 4 fully saturated rings. The second-order valence-corrected chi connectivity index (χ2v) is 20.2. The molecular formula is C49H64N8O4S. The van der Waals surface area contributed by atoms with E-state index in [1.54, 1.807) is 18.2 Å². The summed E-state index contributed by atoms with van der Waals surface area (Å²) in [5.74, 6) is 3.01. The highest BCUT2D eigenvalue weighted by atomic mass is 32.2. The fourth-order valence-electron chi connectivity index (χ4n) is 10.6. The first-order chi connectivity index (χ1) is 30.0. The molecule has 4 aliphatic rings. The zero-order valence-corrected chi connectivity index (χ0v) is 37.9. The number of fused-ring (bicyclic) bond motifs is 4. The largest absolute Gasteiger partial charge is 0.399 e. The molecule has 2 saturated heterocycles. The summed E-state index contributed by atoms with van der Waals surface area (Å²) in [6.45, 7) is 18.6. The highest BCUT2D eigenvalue weighted by Gasteiger charge is 2.66. The van der Waals surface area contributed by atoms with Crippen molar-refractivity contribution in [2.24, 2.45) is 23.7 Å². The number of rotatable bonds is 15. The zero-order valence-electron chi connectivity index (χ0n) is 37.1. The topological polar surface area (TPSA) is 157 Å². The molecule has 0 spiro atoms. The monoisotopic (exact) mass is 860 g/mol. The van der Waals surface area contributed by atoms with Crippen molar-refractivity contribution < 1.29 is 17.7 Å². The molecule has 13 heteroatoms. The van der Waals surface area contributed by atoms with Crippen LogP contribution in [0.2, 0.25) is 0 Å². The Morgan fingerprint density at radius 2 is 1.15 bits per heavy atom. The van der Waals surface area contributed by atoms with E-state index in [1.807, 2.05) is 43.3 Å². The molecule has 0 bridgehead atoms. The van der Waals surface area contributed by atoms with E-state index in [2.05, 4.69) is 91.7 Å². The van der Waals surface area contributed by atoms with Gasteiger partial charge in [0.05, 0.1) is 0 Å². The maximum Gasteiger partial charge on any atom is 0.264 e. The summed E-state index contributed by atoms with van der Waals surface area (Å²) in [5.41, 5.74) is 14.0. The van der Waals surface area contributed by atoms with Crippen molar-refractivity contribution in [2.45, 2.75) is 102 Å². The van der Waals surface area contributed by atoms with E-state index in [0.717, 1.165) is 47.2 Å². The highest BCUT2D eigenvalue weighted by Crippen LogP contribution is 2.64. The van der Waals surface area contributed by atoms with Crippen molar-refractivity contribution in [3.8, 4) is 0 Å². The van der Waals surface area contributed by atoms with Crippen LogP contribution in [0.15, 0.2) is 99.1 Å². The zero-order chi connectivity index (χ0) is 43.5. The summed E-state index contributed by atoms with van der Waals surface area (Å²) >= 11 is 0. The average Bonchev–Trinajstić information content (AvgIpc) is 3.81. The smallest absolute Gasteiger partial charge is 0.264 e. The number of hydrogen-bond acceptors (Lipinski definition) is 11. The molecule has 2 aromatic heterocycles. The van der Waals surface area contributed by atoms with Crippen LogP contribution in [0.3, 0.4) is 0 Å². The van der Waals surface area contributed by atoms with Crippen LogP contribution >= 0.6 is 0 Å². The number of sulfonamides is 1. The van der Waals surface area contributed by atoms with Crippen LogP contribution in [0.25, 0.3) is 22.1 Å². The minimum atomic E-state index is -3.81. The van der Waals surface area contributed by atoms with E-state index in [9.17, 15) is 8.42 Å². The number of nitrogens with one attached hydrogen (secondary N) is 1. The fourth-order valence-corrected chi connectivity index (χ4v) is 11.8. The molecule has 6 aromatic rings. The molecule has 0 amide bonds. The Kier molecular flexibility index (Phi) is 13.0. The molecular weight excluding hydrogens is 797 g/mol. The maximum atomic E-state index is 13.0. The third kappa shape index (κ3) is 8.99. The Balaban J connectivity index is 0.000000148. The van der Waals surface area contributed by atoms with Crippen LogP contribution < -0.4 is 10.5 Å². The van der Waals surface area contributed by atoms with Gasteiger partial charge in [-0.05, 0) is 136 Å². The first-order valence-corrected chi connectivity index (χ1v) is 24.3. The van der Waals surface area contributed by atoms with Gasteiger partial charge in [0, 0.05) is 48.4 Å². The number of aromatic nitrogens is 4. The molecule has 2 aliphatic carbocycles. The second-order valence-electron chi connectivity index (χ2n) is 18.5. The van der Waals surface area contributed by atoms with E-state index < -0.39 is 10.0 Å². The van der Waals surface area contributed by atoms with Gasteiger partial charge >= 0.3 is 0 Å². The molecule has 4 aromatic carbocycles. The molecule has 4 unspecified atom stereocenters. The van der Waals surface area contributed by atoms with E-state index in [4.69, 9.17) is 10.4 Å². The molecule has 62 heavy (non-hydrogen) atoms. The van der Waals surface area contributed by atoms with Crippen molar-refractivity contribution >= 4 is 43.5 Å². The number of piperidine rings is 2. The quantitative estimate of drug-likeness (QED) is 0.0749. The van der Waals surface area contributed by atoms with E-state index in [0.29, 0.717) is 28.5 Å². The van der Waals surface area contributed by atoms with Gasteiger partial charge in [0.25, 0.3) is 10.0 Å². The predicted molar refractivity (Wildman–Crippen MR) is 246 cm³/mol. The van der Waals surface area contributed by atoms with Gasteiger partial charge in [-0.15, -0.1) is 0 Å². The Morgan fingerprint density at radius 1 is 0.645 bits per heavy atom. The van der Waals surface area contributed by atoms with Gasteiger partial charge in [-0.25, -0.2) is 17.7 Å². The van der Waals surface area contributed by atoms with Gasteiger partial charge in [-0.3, -0.25) is 4.72 Å². The van der Waals surface area contributed by atoms with Crippen molar-refractivity contribution in [2.75, 3.05) is 49.7 Å². The minimum absolute atomic E-state index is 0.0647. The normalized spacial score (nSPS) is 25.1. The van der Waals surface area contributed by atoms with Crippen molar-refractivity contribution in [3.05, 3.63) is 102 Å².